The molecule has 25 heavy (non-hydrogen) atoms. The summed E-state index contributed by atoms with van der Waals surface area (Å²) in [5.74, 6) is 0.846. The summed E-state index contributed by atoms with van der Waals surface area (Å²) in [6.45, 7) is 8.19. The van der Waals surface area contributed by atoms with Crippen molar-refractivity contribution >= 4 is 0 Å². The van der Waals surface area contributed by atoms with Gasteiger partial charge < -0.3 is 9.84 Å². The smallest absolute Gasteiger partial charge is 0.122 e. The van der Waals surface area contributed by atoms with Crippen molar-refractivity contribution in [3.63, 3.8) is 0 Å². The number of β-amino-alcohol motifs (C(OH)–C–C–N with tert-alkyl or cyclic N) is 1. The Morgan fingerprint density at radius 2 is 2.04 bits per heavy atom. The summed E-state index contributed by atoms with van der Waals surface area (Å²) in [5.41, 5.74) is 4.74. The van der Waals surface area contributed by atoms with Crippen molar-refractivity contribution in [1.29, 1.82) is 0 Å². The van der Waals surface area contributed by atoms with Crippen LogP contribution in [0.4, 0.5) is 0 Å². The van der Waals surface area contributed by atoms with Crippen molar-refractivity contribution in [2.45, 2.75) is 45.8 Å². The van der Waals surface area contributed by atoms with E-state index in [0.29, 0.717) is 19.2 Å². The molecule has 2 aromatic rings. The van der Waals surface area contributed by atoms with Crippen molar-refractivity contribution in [3.05, 3.63) is 46.8 Å². The van der Waals surface area contributed by atoms with Crippen LogP contribution in [0.25, 0.3) is 0 Å². The Kier molecular flexibility index (Phi) is 5.45. The number of nitrogens with zero attached hydrogens (tertiary/aromatic N) is 3. The molecule has 0 amide bonds. The molecular weight excluding hydrogens is 314 g/mol. The first kappa shape index (κ1) is 18.0. The highest BCUT2D eigenvalue weighted by Crippen LogP contribution is 2.35. The summed E-state index contributed by atoms with van der Waals surface area (Å²) in [4.78, 5) is 2.38. The minimum absolute atomic E-state index is 0.319. The van der Waals surface area contributed by atoms with Crippen LogP contribution in [0.3, 0.4) is 0 Å². The fourth-order valence-corrected chi connectivity index (χ4v) is 3.87. The van der Waals surface area contributed by atoms with Gasteiger partial charge in [-0.25, -0.2) is 0 Å². The van der Waals surface area contributed by atoms with E-state index in [2.05, 4.69) is 23.8 Å². The molecule has 1 N–H and O–H groups in total. The molecule has 0 bridgehead atoms. The maximum atomic E-state index is 10.5. The monoisotopic (exact) mass is 343 g/mol. The van der Waals surface area contributed by atoms with Gasteiger partial charge in [0, 0.05) is 30.9 Å². The number of ether oxygens (including phenoxy) is 1. The molecule has 5 heteroatoms. The summed E-state index contributed by atoms with van der Waals surface area (Å²) >= 11 is 0. The summed E-state index contributed by atoms with van der Waals surface area (Å²) < 4.78 is 7.77. The van der Waals surface area contributed by atoms with E-state index in [1.54, 1.807) is 0 Å². The topological polar surface area (TPSA) is 50.5 Å². The van der Waals surface area contributed by atoms with Crippen LogP contribution in [0.15, 0.2) is 24.3 Å². The second-order valence-electron chi connectivity index (χ2n) is 7.09. The third-order valence-electron chi connectivity index (χ3n) is 5.23. The van der Waals surface area contributed by atoms with Gasteiger partial charge in [-0.15, -0.1) is 0 Å². The molecule has 3 rings (SSSR count). The Labute approximate surface area is 150 Å². The van der Waals surface area contributed by atoms with Crippen LogP contribution in [0.1, 0.15) is 41.4 Å². The molecule has 0 aliphatic carbocycles. The zero-order chi connectivity index (χ0) is 18.0. The maximum absolute atomic E-state index is 10.5. The van der Waals surface area contributed by atoms with Crippen LogP contribution in [-0.2, 0) is 7.05 Å². The number of rotatable bonds is 6. The first-order valence-corrected chi connectivity index (χ1v) is 9.08. The average molecular weight is 343 g/mol. The largest absolute Gasteiger partial charge is 0.491 e. The van der Waals surface area contributed by atoms with E-state index < -0.39 is 6.10 Å². The highest BCUT2D eigenvalue weighted by Gasteiger charge is 2.31. The summed E-state index contributed by atoms with van der Waals surface area (Å²) in [6.07, 6.45) is 1.78. The molecule has 136 valence electrons. The van der Waals surface area contributed by atoms with Gasteiger partial charge in [0.15, 0.2) is 0 Å². The number of aromatic nitrogens is 2. The fraction of sp³-hybridized carbons (Fsp3) is 0.550. The lowest BCUT2D eigenvalue weighted by Gasteiger charge is -2.27. The summed E-state index contributed by atoms with van der Waals surface area (Å²) in [7, 11) is 2.00. The Morgan fingerprint density at radius 1 is 1.28 bits per heavy atom. The van der Waals surface area contributed by atoms with Crippen molar-refractivity contribution < 1.29 is 9.84 Å². The van der Waals surface area contributed by atoms with E-state index in [9.17, 15) is 5.11 Å². The molecule has 2 heterocycles. The van der Waals surface area contributed by atoms with Crippen LogP contribution < -0.4 is 4.74 Å². The Balaban J connectivity index is 1.62. The molecule has 1 saturated heterocycles. The highest BCUT2D eigenvalue weighted by molar-refractivity contribution is 5.32. The molecule has 1 aromatic carbocycles. The van der Waals surface area contributed by atoms with Crippen molar-refractivity contribution in [2.75, 3.05) is 19.7 Å². The van der Waals surface area contributed by atoms with Gasteiger partial charge in [0.2, 0.25) is 0 Å². The number of aryl methyl sites for hydroxylation is 3. The quantitative estimate of drug-likeness (QED) is 0.876. The van der Waals surface area contributed by atoms with Gasteiger partial charge in [-0.2, -0.15) is 5.10 Å². The standard InChI is InChI=1S/C20H29N3O2/c1-14-8-5-6-10-19(14)25-13-17(24)12-23-11-7-9-18(23)20-15(2)21-22(4)16(20)3/h5-6,8,10,17-18,24H,7,9,11-13H2,1-4H3/t17-,18+/m0/s1. The maximum Gasteiger partial charge on any atom is 0.122 e. The van der Waals surface area contributed by atoms with Crippen molar-refractivity contribution in [1.82, 2.24) is 14.7 Å². The van der Waals surface area contributed by atoms with E-state index in [0.717, 1.165) is 36.4 Å². The second kappa shape index (κ2) is 7.58. The average Bonchev–Trinajstić information content (AvgIpc) is 3.11. The lowest BCUT2D eigenvalue weighted by Crippen LogP contribution is -2.35. The summed E-state index contributed by atoms with van der Waals surface area (Å²) in [6, 6.07) is 8.27. The number of likely N-dealkylation sites (tertiary alicyclic amines) is 1. The Bertz CT molecular complexity index is 726. The predicted molar refractivity (Wildman–Crippen MR) is 98.9 cm³/mol. The van der Waals surface area contributed by atoms with E-state index >= 15 is 0 Å². The number of benzene rings is 1. The van der Waals surface area contributed by atoms with E-state index in [-0.39, 0.29) is 0 Å². The number of hydrogen-bond acceptors (Lipinski definition) is 4. The van der Waals surface area contributed by atoms with Gasteiger partial charge >= 0.3 is 0 Å². The van der Waals surface area contributed by atoms with Gasteiger partial charge in [-0.1, -0.05) is 18.2 Å². The molecular formula is C20H29N3O2. The third kappa shape index (κ3) is 3.88. The minimum atomic E-state index is -0.502. The third-order valence-corrected chi connectivity index (χ3v) is 5.23. The number of aliphatic hydroxyl groups excluding tert-OH is 1. The Hall–Kier alpha value is -1.85. The molecule has 0 radical (unpaired) electrons. The lowest BCUT2D eigenvalue weighted by molar-refractivity contribution is 0.0634. The lowest BCUT2D eigenvalue weighted by atomic mass is 10.0. The minimum Gasteiger partial charge on any atom is -0.491 e. The molecule has 1 aromatic heterocycles. The van der Waals surface area contributed by atoms with Crippen LogP contribution in [0, 0.1) is 20.8 Å². The first-order valence-electron chi connectivity index (χ1n) is 9.08. The van der Waals surface area contributed by atoms with Gasteiger partial charge in [0.25, 0.3) is 0 Å². The van der Waals surface area contributed by atoms with Crippen LogP contribution >= 0.6 is 0 Å². The molecule has 2 atom stereocenters. The zero-order valence-electron chi connectivity index (χ0n) is 15.7. The number of para-hydroxylation sites is 1. The number of aliphatic hydroxyl groups is 1. The van der Waals surface area contributed by atoms with Crippen molar-refractivity contribution in [2.24, 2.45) is 7.05 Å². The molecule has 1 aliphatic rings. The molecule has 1 aliphatic heterocycles. The normalized spacial score (nSPS) is 19.3. The van der Waals surface area contributed by atoms with Crippen LogP contribution in [0.2, 0.25) is 0 Å². The molecule has 0 spiro atoms. The number of hydrogen-bond donors (Lipinski definition) is 1. The summed E-state index contributed by atoms with van der Waals surface area (Å²) in [5, 5.41) is 15.0. The molecule has 0 unspecified atom stereocenters. The molecule has 5 nitrogen and oxygen atoms in total. The van der Waals surface area contributed by atoms with Gasteiger partial charge in [0.1, 0.15) is 18.5 Å². The molecule has 0 saturated carbocycles. The van der Waals surface area contributed by atoms with Gasteiger partial charge in [-0.3, -0.25) is 9.58 Å². The fourth-order valence-electron chi connectivity index (χ4n) is 3.87. The SMILES string of the molecule is Cc1ccccc1OC[C@@H](O)CN1CCC[C@@H]1c1c(C)nn(C)c1C. The first-order chi connectivity index (χ1) is 12.0. The van der Waals surface area contributed by atoms with Crippen LogP contribution in [0.5, 0.6) is 5.75 Å². The van der Waals surface area contributed by atoms with Crippen molar-refractivity contribution in [3.8, 4) is 5.75 Å². The Morgan fingerprint density at radius 3 is 2.72 bits per heavy atom. The van der Waals surface area contributed by atoms with E-state index in [4.69, 9.17) is 4.74 Å². The van der Waals surface area contributed by atoms with E-state index in [1.165, 1.54) is 11.3 Å². The zero-order valence-corrected chi connectivity index (χ0v) is 15.7. The van der Waals surface area contributed by atoms with Gasteiger partial charge in [-0.05, 0) is 51.8 Å². The highest BCUT2D eigenvalue weighted by atomic mass is 16.5. The van der Waals surface area contributed by atoms with E-state index in [1.807, 2.05) is 42.9 Å². The van der Waals surface area contributed by atoms with Crippen LogP contribution in [-0.4, -0.2) is 45.6 Å². The predicted octanol–water partition coefficient (Wildman–Crippen LogP) is 2.92. The second-order valence-corrected chi connectivity index (χ2v) is 7.09. The van der Waals surface area contributed by atoms with Gasteiger partial charge in [0.05, 0.1) is 5.69 Å². The molecule has 1 fully saturated rings.